The Morgan fingerprint density at radius 1 is 1.12 bits per heavy atom. The van der Waals surface area contributed by atoms with Gasteiger partial charge in [-0.2, -0.15) is 0 Å². The van der Waals surface area contributed by atoms with Gasteiger partial charge in [0.2, 0.25) is 0 Å². The number of hydrogen-bond acceptors (Lipinski definition) is 7. The average molecular weight is 517 g/mol. The van der Waals surface area contributed by atoms with Gasteiger partial charge in [0.1, 0.15) is 16.3 Å². The summed E-state index contributed by atoms with van der Waals surface area (Å²) >= 11 is 14.3. The summed E-state index contributed by atoms with van der Waals surface area (Å²) < 4.78 is 6.94. The summed E-state index contributed by atoms with van der Waals surface area (Å²) in [6.45, 7) is 3.82. The molecule has 0 aliphatic heterocycles. The maximum atomic E-state index is 8.98. The quantitative estimate of drug-likeness (QED) is 0.164. The van der Waals surface area contributed by atoms with Crippen molar-refractivity contribution in [1.82, 2.24) is 15.3 Å². The highest BCUT2D eigenvalue weighted by molar-refractivity contribution is 7.18. The topological polar surface area (TPSA) is 79.3 Å². The lowest BCUT2D eigenvalue weighted by Crippen LogP contribution is -2.17. The van der Waals surface area contributed by atoms with Gasteiger partial charge in [-0.25, -0.2) is 9.97 Å². The van der Waals surface area contributed by atoms with Crippen molar-refractivity contribution in [1.29, 1.82) is 0 Å². The highest BCUT2D eigenvalue weighted by Gasteiger charge is 2.15. The maximum absolute atomic E-state index is 8.98. The number of benzene rings is 2. The van der Waals surface area contributed by atoms with Crippen LogP contribution >= 0.6 is 34.5 Å². The number of aliphatic hydroxyl groups is 1. The lowest BCUT2D eigenvalue weighted by atomic mass is 9.99. The second-order valence-corrected chi connectivity index (χ2v) is 9.50. The summed E-state index contributed by atoms with van der Waals surface area (Å²) in [6.07, 6.45) is 2.55. The van der Waals surface area contributed by atoms with E-state index >= 15 is 0 Å². The molecule has 9 heteroatoms. The van der Waals surface area contributed by atoms with Gasteiger partial charge in [0.05, 0.1) is 28.6 Å². The van der Waals surface area contributed by atoms with E-state index in [0.717, 1.165) is 49.8 Å². The van der Waals surface area contributed by atoms with E-state index in [0.29, 0.717) is 36.4 Å². The minimum Gasteiger partial charge on any atom is -0.493 e. The molecule has 2 heterocycles. The fourth-order valence-electron chi connectivity index (χ4n) is 3.61. The number of aliphatic hydroxyl groups excluding tert-OH is 1. The van der Waals surface area contributed by atoms with Gasteiger partial charge in [0.15, 0.2) is 5.82 Å². The van der Waals surface area contributed by atoms with E-state index < -0.39 is 0 Å². The first-order valence-corrected chi connectivity index (χ1v) is 12.8. The first-order chi connectivity index (χ1) is 16.6. The highest BCUT2D eigenvalue weighted by Crippen LogP contribution is 2.39. The van der Waals surface area contributed by atoms with Gasteiger partial charge in [-0.1, -0.05) is 35.9 Å². The molecule has 0 radical (unpaired) electrons. The number of ether oxygens (including phenoxy) is 1. The van der Waals surface area contributed by atoms with E-state index in [2.05, 4.69) is 15.6 Å². The van der Waals surface area contributed by atoms with Crippen LogP contribution in [0.15, 0.2) is 48.7 Å². The molecule has 0 fully saturated rings. The molecule has 3 N–H and O–H groups in total. The predicted octanol–water partition coefficient (Wildman–Crippen LogP) is 6.15. The lowest BCUT2D eigenvalue weighted by Gasteiger charge is -2.16. The summed E-state index contributed by atoms with van der Waals surface area (Å²) in [4.78, 5) is 9.24. The number of halogens is 2. The van der Waals surface area contributed by atoms with Crippen molar-refractivity contribution in [3.8, 4) is 16.9 Å². The van der Waals surface area contributed by atoms with Crippen LogP contribution in [0.2, 0.25) is 5.02 Å². The van der Waals surface area contributed by atoms with Crippen molar-refractivity contribution in [2.45, 2.75) is 19.9 Å². The molecule has 0 aliphatic rings. The van der Waals surface area contributed by atoms with Gasteiger partial charge in [0.25, 0.3) is 0 Å². The molecule has 178 valence electrons. The van der Waals surface area contributed by atoms with Crippen LogP contribution in [0.1, 0.15) is 17.0 Å². The molecule has 2 aromatic heterocycles. The Bertz CT molecular complexity index is 1270. The summed E-state index contributed by atoms with van der Waals surface area (Å²) in [5.74, 6) is 2.04. The highest BCUT2D eigenvalue weighted by atomic mass is 35.5. The van der Waals surface area contributed by atoms with Crippen molar-refractivity contribution in [2.24, 2.45) is 0 Å². The van der Waals surface area contributed by atoms with E-state index in [9.17, 15) is 0 Å². The molecule has 0 saturated heterocycles. The molecule has 4 rings (SSSR count). The van der Waals surface area contributed by atoms with Crippen LogP contribution in [0.4, 0.5) is 11.5 Å². The summed E-state index contributed by atoms with van der Waals surface area (Å²) in [7, 11) is 0. The number of nitrogens with zero attached hydrogens (tertiary/aromatic N) is 2. The lowest BCUT2D eigenvalue weighted by molar-refractivity contribution is 0.292. The Morgan fingerprint density at radius 2 is 1.94 bits per heavy atom. The molecule has 0 saturated carbocycles. The molecular weight excluding hydrogens is 491 g/mol. The zero-order chi connectivity index (χ0) is 23.9. The molecule has 0 atom stereocenters. The van der Waals surface area contributed by atoms with E-state index in [4.69, 9.17) is 38.0 Å². The third-order valence-electron chi connectivity index (χ3n) is 5.28. The molecule has 0 bridgehead atoms. The Hall–Kier alpha value is -2.42. The van der Waals surface area contributed by atoms with E-state index in [1.165, 1.54) is 0 Å². The number of hydrogen-bond donors (Lipinski definition) is 3. The molecular formula is C25H26Cl2N4O2S. The van der Waals surface area contributed by atoms with E-state index in [1.807, 2.05) is 49.4 Å². The fraction of sp³-hybridized carbons (Fsp3) is 0.280. The molecule has 0 spiro atoms. The van der Waals surface area contributed by atoms with E-state index in [1.54, 1.807) is 17.5 Å². The monoisotopic (exact) mass is 516 g/mol. The summed E-state index contributed by atoms with van der Waals surface area (Å²) in [5.41, 5.74) is 4.48. The van der Waals surface area contributed by atoms with Crippen LogP contribution in [0, 0.1) is 6.92 Å². The van der Waals surface area contributed by atoms with Crippen molar-refractivity contribution in [3.63, 3.8) is 0 Å². The molecule has 4 aromatic rings. The van der Waals surface area contributed by atoms with Gasteiger partial charge in [0, 0.05) is 30.7 Å². The van der Waals surface area contributed by atoms with Gasteiger partial charge < -0.3 is 20.5 Å². The summed E-state index contributed by atoms with van der Waals surface area (Å²) in [6, 6.07) is 13.8. The largest absolute Gasteiger partial charge is 0.493 e. The SMILES string of the molecule is Cc1c(OCCCCl)cccc1-c1cccc(Nc2nccc3sc(CNCCO)nc23)c1Cl. The Balaban J connectivity index is 1.62. The first kappa shape index (κ1) is 24.7. The molecule has 2 aromatic carbocycles. The Kier molecular flexibility index (Phi) is 8.59. The van der Waals surface area contributed by atoms with Crippen molar-refractivity contribution < 1.29 is 9.84 Å². The number of pyridine rings is 1. The second kappa shape index (κ2) is 11.8. The minimum atomic E-state index is 0.0933. The third kappa shape index (κ3) is 5.62. The van der Waals surface area contributed by atoms with Gasteiger partial charge in [-0.05, 0) is 42.7 Å². The Labute approximate surface area is 212 Å². The molecule has 6 nitrogen and oxygen atoms in total. The van der Waals surface area contributed by atoms with Crippen molar-refractivity contribution in [2.75, 3.05) is 31.0 Å². The number of anilines is 2. The average Bonchev–Trinajstić information content (AvgIpc) is 3.26. The fourth-order valence-corrected chi connectivity index (χ4v) is 4.92. The van der Waals surface area contributed by atoms with Gasteiger partial charge in [-0.3, -0.25) is 0 Å². The normalized spacial score (nSPS) is 11.2. The number of nitrogens with one attached hydrogen (secondary N) is 2. The maximum Gasteiger partial charge on any atom is 0.157 e. The third-order valence-corrected chi connectivity index (χ3v) is 6.97. The van der Waals surface area contributed by atoms with Crippen LogP contribution in [0.5, 0.6) is 5.75 Å². The van der Waals surface area contributed by atoms with Crippen LogP contribution in [-0.2, 0) is 6.54 Å². The van der Waals surface area contributed by atoms with Gasteiger partial charge >= 0.3 is 0 Å². The molecule has 0 aliphatic carbocycles. The second-order valence-electron chi connectivity index (χ2n) is 7.63. The van der Waals surface area contributed by atoms with Crippen LogP contribution in [-0.4, -0.2) is 40.7 Å². The predicted molar refractivity (Wildman–Crippen MR) is 142 cm³/mol. The number of aromatic nitrogens is 2. The number of rotatable bonds is 11. The number of fused-ring (bicyclic) bond motifs is 1. The van der Waals surface area contributed by atoms with Gasteiger partial charge in [-0.15, -0.1) is 22.9 Å². The molecule has 34 heavy (non-hydrogen) atoms. The Morgan fingerprint density at radius 3 is 2.76 bits per heavy atom. The smallest absolute Gasteiger partial charge is 0.157 e. The van der Waals surface area contributed by atoms with E-state index in [-0.39, 0.29) is 6.61 Å². The van der Waals surface area contributed by atoms with Crippen LogP contribution in [0.25, 0.3) is 21.3 Å². The first-order valence-electron chi connectivity index (χ1n) is 11.0. The van der Waals surface area contributed by atoms with Crippen molar-refractivity contribution in [3.05, 3.63) is 64.3 Å². The minimum absolute atomic E-state index is 0.0933. The van der Waals surface area contributed by atoms with Crippen LogP contribution < -0.4 is 15.4 Å². The summed E-state index contributed by atoms with van der Waals surface area (Å²) in [5, 5.41) is 17.0. The molecule has 0 amide bonds. The number of alkyl halides is 1. The molecule has 0 unspecified atom stereocenters. The zero-order valence-corrected chi connectivity index (χ0v) is 21.1. The van der Waals surface area contributed by atoms with Crippen molar-refractivity contribution >= 4 is 56.3 Å². The number of thiazole rings is 1. The standard InChI is InChI=1S/C25H26Cl2N4O2S/c1-16-17(5-3-8-20(16)33-14-4-10-26)18-6-2-7-19(23(18)27)30-25-24-21(9-11-29-25)34-22(31-24)15-28-12-13-32/h2-3,5-9,11,28,32H,4,10,12-15H2,1H3,(H,29,30). The zero-order valence-electron chi connectivity index (χ0n) is 18.8. The van der Waals surface area contributed by atoms with Crippen LogP contribution in [0.3, 0.4) is 0 Å².